The van der Waals surface area contributed by atoms with Gasteiger partial charge in [0.1, 0.15) is 5.82 Å². The summed E-state index contributed by atoms with van der Waals surface area (Å²) < 4.78 is 16.0. The minimum atomic E-state index is -0.272. The van der Waals surface area contributed by atoms with Gasteiger partial charge in [-0.1, -0.05) is 44.0 Å². The summed E-state index contributed by atoms with van der Waals surface area (Å²) in [7, 11) is 0. The topological polar surface area (TPSA) is 38.0 Å². The second-order valence-electron chi connectivity index (χ2n) is 4.30. The van der Waals surface area contributed by atoms with Crippen molar-refractivity contribution in [1.29, 1.82) is 0 Å². The zero-order chi connectivity index (χ0) is 14.7. The van der Waals surface area contributed by atoms with E-state index in [9.17, 15) is 4.39 Å². The van der Waals surface area contributed by atoms with Crippen LogP contribution in [0.1, 0.15) is 17.2 Å². The largest absolute Gasteiger partial charge is 0.271 e. The molecule has 0 radical (unpaired) electrons. The van der Waals surface area contributed by atoms with Gasteiger partial charge in [-0.2, -0.15) is 0 Å². The number of halogens is 4. The van der Waals surface area contributed by atoms with Crippen LogP contribution in [0.5, 0.6) is 0 Å². The Morgan fingerprint density at radius 3 is 2.60 bits per heavy atom. The average molecular weight is 467 g/mol. The van der Waals surface area contributed by atoms with Gasteiger partial charge in [-0.15, -0.1) is 0 Å². The van der Waals surface area contributed by atoms with Gasteiger partial charge >= 0.3 is 0 Å². The third-order valence-electron chi connectivity index (χ3n) is 2.99. The maximum Gasteiger partial charge on any atom is 0.137 e. The summed E-state index contributed by atoms with van der Waals surface area (Å²) in [6, 6.07) is 10.8. The molecular formula is C14H12Br3FN2. The molecule has 2 rings (SSSR count). The third-order valence-corrected chi connectivity index (χ3v) is 5.09. The Kier molecular flexibility index (Phi) is 5.74. The van der Waals surface area contributed by atoms with Crippen molar-refractivity contribution < 1.29 is 4.39 Å². The van der Waals surface area contributed by atoms with Gasteiger partial charge in [0.25, 0.3) is 0 Å². The van der Waals surface area contributed by atoms with Gasteiger partial charge in [0.05, 0.1) is 10.5 Å². The first-order valence-corrected chi connectivity index (χ1v) is 8.24. The Balaban J connectivity index is 2.34. The standard InChI is InChI=1S/C14H12Br3FN2/c15-9-4-5-11(16)10(7-9)13(20-19)6-8-2-1-3-12(18)14(8)17/h1-5,7,13,20H,6,19H2. The molecule has 6 heteroatoms. The molecule has 2 nitrogen and oxygen atoms in total. The fourth-order valence-electron chi connectivity index (χ4n) is 1.97. The van der Waals surface area contributed by atoms with Crippen LogP contribution in [0.15, 0.2) is 49.8 Å². The molecule has 0 saturated carbocycles. The van der Waals surface area contributed by atoms with Crippen molar-refractivity contribution in [2.24, 2.45) is 5.84 Å². The molecule has 0 bridgehead atoms. The second kappa shape index (κ2) is 7.13. The van der Waals surface area contributed by atoms with E-state index in [1.165, 1.54) is 6.07 Å². The molecule has 0 fully saturated rings. The summed E-state index contributed by atoms with van der Waals surface area (Å²) in [6.07, 6.45) is 0.573. The first-order chi connectivity index (χ1) is 9.52. The maximum atomic E-state index is 13.6. The molecule has 1 atom stereocenters. The van der Waals surface area contributed by atoms with E-state index < -0.39 is 0 Å². The molecule has 0 aliphatic rings. The van der Waals surface area contributed by atoms with Crippen LogP contribution in [0.2, 0.25) is 0 Å². The van der Waals surface area contributed by atoms with Crippen LogP contribution in [0.25, 0.3) is 0 Å². The van der Waals surface area contributed by atoms with Crippen molar-refractivity contribution in [2.75, 3.05) is 0 Å². The van der Waals surface area contributed by atoms with Gasteiger partial charge in [-0.3, -0.25) is 11.3 Å². The van der Waals surface area contributed by atoms with Gasteiger partial charge in [-0.05, 0) is 57.7 Å². The Morgan fingerprint density at radius 2 is 1.90 bits per heavy atom. The van der Waals surface area contributed by atoms with Crippen molar-refractivity contribution in [3.05, 3.63) is 66.8 Å². The molecule has 20 heavy (non-hydrogen) atoms. The van der Waals surface area contributed by atoms with Crippen molar-refractivity contribution in [1.82, 2.24) is 5.43 Å². The third kappa shape index (κ3) is 3.68. The predicted molar refractivity (Wildman–Crippen MR) is 89.7 cm³/mol. The Hall–Kier alpha value is -0.270. The highest BCUT2D eigenvalue weighted by Gasteiger charge is 2.16. The van der Waals surface area contributed by atoms with E-state index in [-0.39, 0.29) is 11.9 Å². The highest BCUT2D eigenvalue weighted by atomic mass is 79.9. The second-order valence-corrected chi connectivity index (χ2v) is 6.87. The zero-order valence-electron chi connectivity index (χ0n) is 10.3. The predicted octanol–water partition coefficient (Wildman–Crippen LogP) is 4.86. The van der Waals surface area contributed by atoms with E-state index in [1.807, 2.05) is 24.3 Å². The van der Waals surface area contributed by atoms with E-state index in [4.69, 9.17) is 5.84 Å². The lowest BCUT2D eigenvalue weighted by Gasteiger charge is -2.19. The summed E-state index contributed by atoms with van der Waals surface area (Å²) in [5.74, 6) is 5.39. The summed E-state index contributed by atoms with van der Waals surface area (Å²) >= 11 is 10.2. The van der Waals surface area contributed by atoms with Gasteiger partial charge < -0.3 is 0 Å². The number of hydrogen-bond acceptors (Lipinski definition) is 2. The molecule has 3 N–H and O–H groups in total. The number of nitrogens with one attached hydrogen (secondary N) is 1. The molecular weight excluding hydrogens is 455 g/mol. The lowest BCUT2D eigenvalue weighted by molar-refractivity contribution is 0.544. The van der Waals surface area contributed by atoms with Crippen LogP contribution in [0.3, 0.4) is 0 Å². The van der Waals surface area contributed by atoms with Crippen LogP contribution in [-0.4, -0.2) is 0 Å². The van der Waals surface area contributed by atoms with E-state index in [0.29, 0.717) is 10.9 Å². The number of benzene rings is 2. The normalized spacial score (nSPS) is 12.4. The molecule has 0 spiro atoms. The van der Waals surface area contributed by atoms with Gasteiger partial charge in [0, 0.05) is 8.95 Å². The van der Waals surface area contributed by atoms with Crippen LogP contribution in [-0.2, 0) is 6.42 Å². The molecule has 2 aromatic rings. The fourth-order valence-corrected chi connectivity index (χ4v) is 3.29. The number of hydrazine groups is 1. The Bertz CT molecular complexity index is 619. The van der Waals surface area contributed by atoms with Crippen molar-refractivity contribution in [2.45, 2.75) is 12.5 Å². The summed E-state index contributed by atoms with van der Waals surface area (Å²) in [5, 5.41) is 0. The maximum absolute atomic E-state index is 13.6. The van der Waals surface area contributed by atoms with E-state index in [2.05, 4.69) is 53.2 Å². The van der Waals surface area contributed by atoms with Crippen LogP contribution in [0, 0.1) is 5.82 Å². The van der Waals surface area contributed by atoms with Gasteiger partial charge in [0.15, 0.2) is 0 Å². The minimum Gasteiger partial charge on any atom is -0.271 e. The molecule has 0 saturated heterocycles. The van der Waals surface area contributed by atoms with E-state index >= 15 is 0 Å². The molecule has 2 aromatic carbocycles. The highest BCUT2D eigenvalue weighted by molar-refractivity contribution is 9.11. The van der Waals surface area contributed by atoms with Gasteiger partial charge in [0.2, 0.25) is 0 Å². The van der Waals surface area contributed by atoms with Crippen molar-refractivity contribution >= 4 is 47.8 Å². The summed E-state index contributed by atoms with van der Waals surface area (Å²) in [6.45, 7) is 0. The minimum absolute atomic E-state index is 0.125. The molecule has 0 aliphatic heterocycles. The molecule has 106 valence electrons. The van der Waals surface area contributed by atoms with Gasteiger partial charge in [-0.25, -0.2) is 4.39 Å². The molecule has 1 unspecified atom stereocenters. The highest BCUT2D eigenvalue weighted by Crippen LogP contribution is 2.31. The zero-order valence-corrected chi connectivity index (χ0v) is 15.1. The molecule has 0 heterocycles. The van der Waals surface area contributed by atoms with Crippen molar-refractivity contribution in [3.63, 3.8) is 0 Å². The number of nitrogens with two attached hydrogens (primary N) is 1. The number of hydrogen-bond donors (Lipinski definition) is 2. The SMILES string of the molecule is NNC(Cc1cccc(F)c1Br)c1cc(Br)ccc1Br. The fraction of sp³-hybridized carbons (Fsp3) is 0.143. The lowest BCUT2D eigenvalue weighted by Crippen LogP contribution is -2.30. The van der Waals surface area contributed by atoms with E-state index in [0.717, 1.165) is 20.1 Å². The smallest absolute Gasteiger partial charge is 0.137 e. The first-order valence-electron chi connectivity index (χ1n) is 5.87. The number of rotatable bonds is 4. The van der Waals surface area contributed by atoms with Crippen LogP contribution < -0.4 is 11.3 Å². The average Bonchev–Trinajstić information content (AvgIpc) is 2.43. The van der Waals surface area contributed by atoms with Crippen molar-refractivity contribution in [3.8, 4) is 0 Å². The molecule has 0 aliphatic carbocycles. The first kappa shape index (κ1) is 16.1. The van der Waals surface area contributed by atoms with Crippen LogP contribution >= 0.6 is 47.8 Å². The van der Waals surface area contributed by atoms with E-state index in [1.54, 1.807) is 6.07 Å². The van der Waals surface area contributed by atoms with Crippen LogP contribution in [0.4, 0.5) is 4.39 Å². The lowest BCUT2D eigenvalue weighted by atomic mass is 9.99. The summed E-state index contributed by atoms with van der Waals surface area (Å²) in [5.41, 5.74) is 4.66. The quantitative estimate of drug-likeness (QED) is 0.499. The molecule has 0 aromatic heterocycles. The Labute approximate surface area is 142 Å². The Morgan fingerprint density at radius 1 is 1.15 bits per heavy atom. The monoisotopic (exact) mass is 464 g/mol. The summed E-state index contributed by atoms with van der Waals surface area (Å²) in [4.78, 5) is 0. The molecule has 0 amide bonds.